The van der Waals surface area contributed by atoms with E-state index >= 15 is 0 Å². The molecular formula is C87H148O16P2. The van der Waals surface area contributed by atoms with Crippen molar-refractivity contribution in [2.24, 2.45) is 0 Å². The van der Waals surface area contributed by atoms with Crippen LogP contribution in [-0.4, -0.2) is 95.9 Å². The van der Waals surface area contributed by atoms with E-state index in [4.69, 9.17) is 32.3 Å². The molecular weight excluding hydrogens is 1360 g/mol. The van der Waals surface area contributed by atoms with Crippen LogP contribution in [0.4, 0.5) is 0 Å². The third-order valence-corrected chi connectivity index (χ3v) is 18.9. The first-order valence-electron chi connectivity index (χ1n) is 41.1. The number of rotatable bonds is 77. The van der Waals surface area contributed by atoms with Crippen molar-refractivity contribution in [1.82, 2.24) is 0 Å². The maximum absolute atomic E-state index is 13.0. The molecule has 0 fully saturated rings. The molecule has 0 amide bonds. The van der Waals surface area contributed by atoms with Crippen LogP contribution in [0.15, 0.2) is 146 Å². The fourth-order valence-corrected chi connectivity index (χ4v) is 12.4. The summed E-state index contributed by atoms with van der Waals surface area (Å²) in [7, 11) is -9.80. The number of unbranched alkanes of at least 4 members (excludes halogenated alkanes) is 30. The molecule has 5 unspecified atom stereocenters. The van der Waals surface area contributed by atoms with E-state index in [-0.39, 0.29) is 19.3 Å². The average Bonchev–Trinajstić information content (AvgIpc) is 0.942. The van der Waals surface area contributed by atoms with Crippen LogP contribution < -0.4 is 0 Å². The molecule has 0 bridgehead atoms. The molecule has 4 N–H and O–H groups in total. The van der Waals surface area contributed by atoms with Gasteiger partial charge in [-0.15, -0.1) is 0 Å². The molecule has 602 valence electrons. The van der Waals surface area contributed by atoms with Gasteiger partial charge in [0.25, 0.3) is 0 Å². The summed E-state index contributed by atoms with van der Waals surface area (Å²) in [5, 5.41) is 20.7. The second-order valence-corrected chi connectivity index (χ2v) is 30.1. The van der Waals surface area contributed by atoms with Crippen LogP contribution in [0.2, 0.25) is 0 Å². The first-order chi connectivity index (χ1) is 51.2. The lowest BCUT2D eigenvalue weighted by Gasteiger charge is -2.21. The summed E-state index contributed by atoms with van der Waals surface area (Å²) in [6, 6.07) is 0. The van der Waals surface area contributed by atoms with Gasteiger partial charge >= 0.3 is 33.6 Å². The first-order valence-corrected chi connectivity index (χ1v) is 44.1. The molecule has 0 heterocycles. The molecule has 0 aliphatic heterocycles. The molecule has 0 rings (SSSR count). The molecule has 0 aromatic heterocycles. The molecule has 16 nitrogen and oxygen atoms in total. The highest BCUT2D eigenvalue weighted by Crippen LogP contribution is 2.45. The van der Waals surface area contributed by atoms with Crippen LogP contribution in [-0.2, 0) is 55.8 Å². The minimum absolute atomic E-state index is 0.0850. The predicted molar refractivity (Wildman–Crippen MR) is 436 cm³/mol. The zero-order valence-corrected chi connectivity index (χ0v) is 67.6. The Morgan fingerprint density at radius 2 is 0.505 bits per heavy atom. The standard InChI is InChI=1S/C87H148O16P2/c1-4-7-10-13-16-19-22-25-28-30-32-33-34-35-36-37-38-39-40-41-42-43-44-45-46-47-49-51-53-55-58-61-64-67-70-73-85(90)97-76-82(88)77-99-104(93,94)100-78-83(89)79-101-105(95,96)102-81-84(103-87(92)75-72-69-66-63-60-57-52-27-24-21-18-15-12-9-6-3)80-98-86(91)74-71-68-65-62-59-56-54-50-48-31-29-26-23-20-17-14-11-8-5-2/h7-8,10-11,16-17,19-20,25-29,32-33,35-36,38-39,48,50,52,56,59,82-84,88-89H,4-6,9,12-15,18,21-24,30-31,34,37,40-47,49,51,53-55,57-58,60-81H2,1-3H3,(H,93,94)(H,95,96)/b10-7-,11-8-,19-16-,20-17-,28-25-,29-26-,33-32-,36-35-,39-38-,50-48-,52-27-,59-56-. The highest BCUT2D eigenvalue weighted by atomic mass is 31.2. The Morgan fingerprint density at radius 3 is 0.819 bits per heavy atom. The summed E-state index contributed by atoms with van der Waals surface area (Å²) >= 11 is 0. The Kier molecular flexibility index (Phi) is 75.6. The van der Waals surface area contributed by atoms with E-state index in [0.29, 0.717) is 19.3 Å². The number of aliphatic hydroxyl groups is 2. The molecule has 5 atom stereocenters. The van der Waals surface area contributed by atoms with Gasteiger partial charge in [-0.25, -0.2) is 9.13 Å². The lowest BCUT2D eigenvalue weighted by Crippen LogP contribution is -2.30. The number of esters is 3. The van der Waals surface area contributed by atoms with Gasteiger partial charge in [0, 0.05) is 19.3 Å². The smallest absolute Gasteiger partial charge is 0.463 e. The van der Waals surface area contributed by atoms with Gasteiger partial charge in [-0.3, -0.25) is 32.5 Å². The number of phosphoric ester groups is 2. The molecule has 18 heteroatoms. The Labute approximate surface area is 638 Å². The summed E-state index contributed by atoms with van der Waals surface area (Å²) in [6.07, 6.45) is 97.7. The molecule has 0 aliphatic rings. The Morgan fingerprint density at radius 1 is 0.276 bits per heavy atom. The van der Waals surface area contributed by atoms with E-state index in [0.717, 1.165) is 148 Å². The third-order valence-electron chi connectivity index (χ3n) is 17.0. The van der Waals surface area contributed by atoms with E-state index in [1.165, 1.54) is 122 Å². The van der Waals surface area contributed by atoms with E-state index in [1.807, 2.05) is 0 Å². The van der Waals surface area contributed by atoms with E-state index in [9.17, 15) is 43.5 Å². The summed E-state index contributed by atoms with van der Waals surface area (Å²) in [4.78, 5) is 58.6. The van der Waals surface area contributed by atoms with Crippen molar-refractivity contribution in [1.29, 1.82) is 0 Å². The minimum atomic E-state index is -4.94. The third kappa shape index (κ3) is 80.3. The molecule has 0 saturated heterocycles. The van der Waals surface area contributed by atoms with Crippen LogP contribution >= 0.6 is 15.6 Å². The quantitative estimate of drug-likeness (QED) is 0.0146. The van der Waals surface area contributed by atoms with Crippen molar-refractivity contribution in [3.8, 4) is 0 Å². The van der Waals surface area contributed by atoms with Crippen molar-refractivity contribution in [2.75, 3.05) is 39.6 Å². The number of carbonyl (C=O) groups is 3. The van der Waals surface area contributed by atoms with Gasteiger partial charge in [-0.2, -0.15) is 0 Å². The number of hydrogen-bond acceptors (Lipinski definition) is 14. The summed E-state index contributed by atoms with van der Waals surface area (Å²) in [5.41, 5.74) is 0. The highest BCUT2D eigenvalue weighted by molar-refractivity contribution is 7.47. The van der Waals surface area contributed by atoms with E-state index < -0.39 is 91.5 Å². The zero-order valence-electron chi connectivity index (χ0n) is 65.9. The topological polar surface area (TPSA) is 231 Å². The van der Waals surface area contributed by atoms with Crippen molar-refractivity contribution in [2.45, 2.75) is 347 Å². The number of hydrogen-bond donors (Lipinski definition) is 4. The maximum atomic E-state index is 13.0. The van der Waals surface area contributed by atoms with Gasteiger partial charge in [-0.1, -0.05) is 314 Å². The van der Waals surface area contributed by atoms with Crippen LogP contribution in [0.3, 0.4) is 0 Å². The van der Waals surface area contributed by atoms with Crippen molar-refractivity contribution in [3.05, 3.63) is 146 Å². The van der Waals surface area contributed by atoms with Crippen LogP contribution in [0.5, 0.6) is 0 Å². The van der Waals surface area contributed by atoms with E-state index in [1.54, 1.807) is 0 Å². The average molecular weight is 1510 g/mol. The summed E-state index contributed by atoms with van der Waals surface area (Å²) in [6.45, 7) is 2.41. The Bertz CT molecular complexity index is 2490. The Hall–Kier alpha value is -4.57. The van der Waals surface area contributed by atoms with Crippen molar-refractivity contribution < 1.29 is 75.8 Å². The summed E-state index contributed by atoms with van der Waals surface area (Å²) < 4.78 is 61.1. The van der Waals surface area contributed by atoms with Crippen molar-refractivity contribution >= 4 is 33.6 Å². The molecule has 0 aliphatic carbocycles. The molecule has 0 spiro atoms. The number of ether oxygens (including phenoxy) is 3. The van der Waals surface area contributed by atoms with Gasteiger partial charge in [-0.05, 0) is 141 Å². The van der Waals surface area contributed by atoms with Crippen LogP contribution in [0, 0.1) is 0 Å². The molecule has 105 heavy (non-hydrogen) atoms. The minimum Gasteiger partial charge on any atom is -0.463 e. The van der Waals surface area contributed by atoms with Gasteiger partial charge in [0.1, 0.15) is 25.4 Å². The fraction of sp³-hybridized carbons (Fsp3) is 0.690. The molecule has 0 radical (unpaired) electrons. The van der Waals surface area contributed by atoms with Gasteiger partial charge in [0.2, 0.25) is 0 Å². The highest BCUT2D eigenvalue weighted by Gasteiger charge is 2.29. The monoisotopic (exact) mass is 1510 g/mol. The normalized spacial score (nSPS) is 14.7. The maximum Gasteiger partial charge on any atom is 0.472 e. The van der Waals surface area contributed by atoms with Crippen molar-refractivity contribution in [3.63, 3.8) is 0 Å². The first kappa shape index (κ1) is 100. The predicted octanol–water partition coefficient (Wildman–Crippen LogP) is 24.4. The molecule has 0 saturated carbocycles. The van der Waals surface area contributed by atoms with Crippen LogP contribution in [0.1, 0.15) is 329 Å². The zero-order chi connectivity index (χ0) is 76.6. The molecule has 0 aromatic carbocycles. The number of allylic oxidation sites excluding steroid dienone is 24. The number of phosphoric acid groups is 2. The van der Waals surface area contributed by atoms with Crippen LogP contribution in [0.25, 0.3) is 0 Å². The Balaban J connectivity index is 4.44. The SMILES string of the molecule is CC/C=C\C/C=C\C/C=C\C/C=C\C/C=C\C/C=C\CCCCCCCCCCCCCCCCCCC(=O)OCC(O)COP(=O)(O)OCC(O)COP(=O)(O)OCC(COC(=O)CCCCC/C=C\C/C=C\C/C=C\C/C=C\C/C=C\CC)OC(=O)CCCCCCC/C=C\CCCCCCCC. The second kappa shape index (κ2) is 79.0. The summed E-state index contributed by atoms with van der Waals surface area (Å²) in [5.74, 6) is -1.62. The number of aliphatic hydroxyl groups excluding tert-OH is 2. The van der Waals surface area contributed by atoms with E-state index in [2.05, 4.69) is 167 Å². The largest absolute Gasteiger partial charge is 0.472 e. The van der Waals surface area contributed by atoms with Gasteiger partial charge in [0.15, 0.2) is 6.10 Å². The number of carbonyl (C=O) groups excluding carboxylic acids is 3. The second-order valence-electron chi connectivity index (χ2n) is 27.2. The van der Waals surface area contributed by atoms with Gasteiger partial charge < -0.3 is 34.2 Å². The fourth-order valence-electron chi connectivity index (χ4n) is 10.8. The lowest BCUT2D eigenvalue weighted by atomic mass is 10.0. The molecule has 0 aromatic rings. The van der Waals surface area contributed by atoms with Gasteiger partial charge in [0.05, 0.1) is 26.4 Å². The lowest BCUT2D eigenvalue weighted by molar-refractivity contribution is -0.161.